The molecule has 0 amide bonds. The van der Waals surface area contributed by atoms with Gasteiger partial charge in [0.2, 0.25) is 0 Å². The average Bonchev–Trinajstić information content (AvgIpc) is 2.22. The molecular weight excluding hydrogens is 190 g/mol. The molecular formula is C12H27NO2. The molecule has 0 N–H and O–H groups in total. The van der Waals surface area contributed by atoms with Crippen LogP contribution in [0.15, 0.2) is 0 Å². The van der Waals surface area contributed by atoms with Gasteiger partial charge in [-0.15, -0.1) is 0 Å². The Morgan fingerprint density at radius 3 is 1.93 bits per heavy atom. The SMILES string of the molecule is COC(C)C(C)COC(C)C(C)N(C)C. The highest BCUT2D eigenvalue weighted by molar-refractivity contribution is 4.69. The number of methoxy groups -OCH3 is 1. The molecule has 0 rings (SSSR count). The van der Waals surface area contributed by atoms with Crippen LogP contribution in [-0.2, 0) is 9.47 Å². The van der Waals surface area contributed by atoms with Crippen LogP contribution in [0.3, 0.4) is 0 Å². The van der Waals surface area contributed by atoms with Gasteiger partial charge in [0.1, 0.15) is 0 Å². The van der Waals surface area contributed by atoms with Crippen molar-refractivity contribution in [2.75, 3.05) is 27.8 Å². The number of nitrogens with zero attached hydrogens (tertiary/aromatic N) is 1. The van der Waals surface area contributed by atoms with Crippen LogP contribution in [0.25, 0.3) is 0 Å². The van der Waals surface area contributed by atoms with Gasteiger partial charge in [0, 0.05) is 19.1 Å². The van der Waals surface area contributed by atoms with Gasteiger partial charge in [0.05, 0.1) is 18.8 Å². The molecule has 0 aliphatic carbocycles. The van der Waals surface area contributed by atoms with Crippen molar-refractivity contribution in [3.63, 3.8) is 0 Å². The van der Waals surface area contributed by atoms with E-state index >= 15 is 0 Å². The van der Waals surface area contributed by atoms with E-state index in [-0.39, 0.29) is 12.2 Å². The molecule has 92 valence electrons. The van der Waals surface area contributed by atoms with E-state index in [0.717, 1.165) is 6.61 Å². The summed E-state index contributed by atoms with van der Waals surface area (Å²) in [6.07, 6.45) is 0.512. The Morgan fingerprint density at radius 1 is 1.00 bits per heavy atom. The lowest BCUT2D eigenvalue weighted by atomic mass is 10.1. The van der Waals surface area contributed by atoms with Crippen LogP contribution in [-0.4, -0.2) is 51.0 Å². The second kappa shape index (κ2) is 7.20. The predicted octanol–water partition coefficient (Wildman–Crippen LogP) is 2.01. The van der Waals surface area contributed by atoms with Gasteiger partial charge in [-0.2, -0.15) is 0 Å². The van der Waals surface area contributed by atoms with Crippen molar-refractivity contribution in [1.29, 1.82) is 0 Å². The Kier molecular flexibility index (Phi) is 7.14. The first-order chi connectivity index (χ1) is 6.90. The summed E-state index contributed by atoms with van der Waals surface area (Å²) in [4.78, 5) is 2.18. The average molecular weight is 217 g/mol. The summed E-state index contributed by atoms with van der Waals surface area (Å²) in [5.74, 6) is 0.437. The summed E-state index contributed by atoms with van der Waals surface area (Å²) in [6, 6.07) is 0.440. The van der Waals surface area contributed by atoms with Crippen LogP contribution in [0.4, 0.5) is 0 Å². The molecule has 0 aromatic rings. The third kappa shape index (κ3) is 5.50. The number of hydrogen-bond acceptors (Lipinski definition) is 3. The highest BCUT2D eigenvalue weighted by atomic mass is 16.5. The highest BCUT2D eigenvalue weighted by Gasteiger charge is 2.17. The number of ether oxygens (including phenoxy) is 2. The Hall–Kier alpha value is -0.120. The monoisotopic (exact) mass is 217 g/mol. The number of rotatable bonds is 7. The van der Waals surface area contributed by atoms with Gasteiger partial charge in [-0.25, -0.2) is 0 Å². The van der Waals surface area contributed by atoms with E-state index in [0.29, 0.717) is 12.0 Å². The highest BCUT2D eigenvalue weighted by Crippen LogP contribution is 2.10. The van der Waals surface area contributed by atoms with Gasteiger partial charge < -0.3 is 14.4 Å². The summed E-state index contributed by atoms with van der Waals surface area (Å²) in [5, 5.41) is 0. The molecule has 3 heteroatoms. The molecule has 4 atom stereocenters. The molecule has 0 fully saturated rings. The smallest absolute Gasteiger partial charge is 0.0699 e. The lowest BCUT2D eigenvalue weighted by Crippen LogP contribution is -2.37. The van der Waals surface area contributed by atoms with Gasteiger partial charge in [-0.1, -0.05) is 6.92 Å². The molecule has 0 spiro atoms. The third-order valence-electron chi connectivity index (χ3n) is 3.29. The van der Waals surface area contributed by atoms with Crippen molar-refractivity contribution in [3.8, 4) is 0 Å². The molecule has 0 aliphatic heterocycles. The summed E-state index contributed by atoms with van der Waals surface area (Å²) < 4.78 is 11.1. The van der Waals surface area contributed by atoms with E-state index in [9.17, 15) is 0 Å². The summed E-state index contributed by atoms with van der Waals surface area (Å²) >= 11 is 0. The molecule has 15 heavy (non-hydrogen) atoms. The summed E-state index contributed by atoms with van der Waals surface area (Å²) in [6.45, 7) is 9.29. The molecule has 4 unspecified atom stereocenters. The van der Waals surface area contributed by atoms with E-state index in [4.69, 9.17) is 9.47 Å². The predicted molar refractivity (Wildman–Crippen MR) is 64.2 cm³/mol. The molecule has 0 aromatic carbocycles. The van der Waals surface area contributed by atoms with Crippen LogP contribution < -0.4 is 0 Å². The maximum Gasteiger partial charge on any atom is 0.0699 e. The fourth-order valence-corrected chi connectivity index (χ4v) is 1.23. The lowest BCUT2D eigenvalue weighted by molar-refractivity contribution is -0.0308. The Labute approximate surface area is 94.7 Å². The molecule has 0 aliphatic rings. The molecule has 0 aromatic heterocycles. The molecule has 3 nitrogen and oxygen atoms in total. The summed E-state index contributed by atoms with van der Waals surface area (Å²) in [7, 11) is 5.89. The Morgan fingerprint density at radius 2 is 1.53 bits per heavy atom. The van der Waals surface area contributed by atoms with Crippen molar-refractivity contribution in [2.45, 2.75) is 45.9 Å². The first-order valence-electron chi connectivity index (χ1n) is 5.71. The zero-order valence-corrected chi connectivity index (χ0v) is 11.3. The van der Waals surface area contributed by atoms with E-state index in [1.807, 2.05) is 0 Å². The number of hydrogen-bond donors (Lipinski definition) is 0. The third-order valence-corrected chi connectivity index (χ3v) is 3.29. The minimum Gasteiger partial charge on any atom is -0.381 e. The maximum absolute atomic E-state index is 5.83. The van der Waals surface area contributed by atoms with Crippen molar-refractivity contribution >= 4 is 0 Å². The van der Waals surface area contributed by atoms with Gasteiger partial charge >= 0.3 is 0 Å². The van der Waals surface area contributed by atoms with Gasteiger partial charge in [-0.3, -0.25) is 0 Å². The van der Waals surface area contributed by atoms with Gasteiger partial charge in [-0.05, 0) is 34.9 Å². The summed E-state index contributed by atoms with van der Waals surface area (Å²) in [5.41, 5.74) is 0. The van der Waals surface area contributed by atoms with E-state index in [1.165, 1.54) is 0 Å². The van der Waals surface area contributed by atoms with Crippen LogP contribution in [0, 0.1) is 5.92 Å². The second-order valence-electron chi connectivity index (χ2n) is 4.66. The van der Waals surface area contributed by atoms with E-state index in [2.05, 4.69) is 46.7 Å². The number of likely N-dealkylation sites (N-methyl/N-ethyl adjacent to an activating group) is 1. The fraction of sp³-hybridized carbons (Fsp3) is 1.00. The minimum atomic E-state index is 0.256. The Balaban J connectivity index is 3.84. The molecule has 0 radical (unpaired) electrons. The zero-order valence-electron chi connectivity index (χ0n) is 11.3. The fourth-order valence-electron chi connectivity index (χ4n) is 1.23. The topological polar surface area (TPSA) is 21.7 Å². The molecule has 0 saturated heterocycles. The van der Waals surface area contributed by atoms with E-state index < -0.39 is 0 Å². The van der Waals surface area contributed by atoms with Crippen molar-refractivity contribution < 1.29 is 9.47 Å². The first-order valence-corrected chi connectivity index (χ1v) is 5.71. The minimum absolute atomic E-state index is 0.256. The van der Waals surface area contributed by atoms with Crippen LogP contribution >= 0.6 is 0 Å². The standard InChI is InChI=1S/C12H27NO2/c1-9(11(3)14-7)8-15-12(4)10(2)13(5)6/h9-12H,8H2,1-7H3. The second-order valence-corrected chi connectivity index (χ2v) is 4.66. The van der Waals surface area contributed by atoms with Crippen molar-refractivity contribution in [2.24, 2.45) is 5.92 Å². The zero-order chi connectivity index (χ0) is 12.0. The van der Waals surface area contributed by atoms with Crippen molar-refractivity contribution in [3.05, 3.63) is 0 Å². The van der Waals surface area contributed by atoms with Crippen LogP contribution in [0.2, 0.25) is 0 Å². The molecule has 0 heterocycles. The van der Waals surface area contributed by atoms with Crippen molar-refractivity contribution in [1.82, 2.24) is 4.90 Å². The van der Waals surface area contributed by atoms with Gasteiger partial charge in [0.25, 0.3) is 0 Å². The lowest BCUT2D eigenvalue weighted by Gasteiger charge is -2.28. The Bertz CT molecular complexity index is 162. The van der Waals surface area contributed by atoms with Crippen LogP contribution in [0.1, 0.15) is 27.7 Å². The van der Waals surface area contributed by atoms with Crippen LogP contribution in [0.5, 0.6) is 0 Å². The van der Waals surface area contributed by atoms with E-state index in [1.54, 1.807) is 7.11 Å². The maximum atomic E-state index is 5.83. The normalized spacial score (nSPS) is 20.0. The quantitative estimate of drug-likeness (QED) is 0.651. The molecule has 0 saturated carbocycles. The van der Waals surface area contributed by atoms with Gasteiger partial charge in [0.15, 0.2) is 0 Å². The first kappa shape index (κ1) is 14.9. The largest absolute Gasteiger partial charge is 0.381 e. The molecule has 0 bridgehead atoms.